The number of rotatable bonds is 6. The van der Waals surface area contributed by atoms with E-state index in [1.54, 1.807) is 30.3 Å². The van der Waals surface area contributed by atoms with Crippen LogP contribution in [0.1, 0.15) is 36.6 Å². The zero-order chi connectivity index (χ0) is 25.4. The molecule has 0 aromatic heterocycles. The third-order valence-electron chi connectivity index (χ3n) is 6.16. The second-order valence-corrected chi connectivity index (χ2v) is 9.35. The zero-order valence-electron chi connectivity index (χ0n) is 20.4. The number of anilines is 1. The van der Waals surface area contributed by atoms with Crippen LogP contribution in [-0.4, -0.2) is 30.2 Å². The SMILES string of the molecule is Cc1ccc(N2C(=O)C(=O)/C(=C(\O)c3ccc4c(c3)OCO4)C2c2cccc(OCC(C)C)c2)cc1. The Labute approximate surface area is 209 Å². The van der Waals surface area contributed by atoms with Gasteiger partial charge in [-0.25, -0.2) is 0 Å². The smallest absolute Gasteiger partial charge is 0.300 e. The highest BCUT2D eigenvalue weighted by atomic mass is 16.7. The molecule has 0 saturated carbocycles. The molecule has 3 aromatic rings. The minimum absolute atomic E-state index is 0.000417. The van der Waals surface area contributed by atoms with Crippen LogP contribution in [0.4, 0.5) is 5.69 Å². The lowest BCUT2D eigenvalue weighted by atomic mass is 9.94. The van der Waals surface area contributed by atoms with Gasteiger partial charge in [-0.1, -0.05) is 43.7 Å². The van der Waals surface area contributed by atoms with E-state index in [-0.39, 0.29) is 18.1 Å². The third-order valence-corrected chi connectivity index (χ3v) is 6.16. The van der Waals surface area contributed by atoms with E-state index in [0.29, 0.717) is 46.6 Å². The van der Waals surface area contributed by atoms with Crippen LogP contribution in [0.2, 0.25) is 0 Å². The molecule has 1 atom stereocenters. The maximum absolute atomic E-state index is 13.4. The lowest BCUT2D eigenvalue weighted by molar-refractivity contribution is -0.132. The van der Waals surface area contributed by atoms with E-state index < -0.39 is 17.7 Å². The van der Waals surface area contributed by atoms with E-state index in [1.165, 1.54) is 4.90 Å². The summed E-state index contributed by atoms with van der Waals surface area (Å²) >= 11 is 0. The number of nitrogens with zero attached hydrogens (tertiary/aromatic N) is 1. The second-order valence-electron chi connectivity index (χ2n) is 9.35. The Balaban J connectivity index is 1.66. The van der Waals surface area contributed by atoms with Gasteiger partial charge >= 0.3 is 0 Å². The highest BCUT2D eigenvalue weighted by molar-refractivity contribution is 6.51. The van der Waals surface area contributed by atoms with Gasteiger partial charge in [0, 0.05) is 11.3 Å². The summed E-state index contributed by atoms with van der Waals surface area (Å²) in [6.45, 7) is 6.67. The molecule has 1 fully saturated rings. The topological polar surface area (TPSA) is 85.3 Å². The van der Waals surface area contributed by atoms with Gasteiger partial charge in [-0.2, -0.15) is 0 Å². The summed E-state index contributed by atoms with van der Waals surface area (Å²) < 4.78 is 16.7. The molecule has 1 unspecified atom stereocenters. The Morgan fingerprint density at radius 2 is 1.78 bits per heavy atom. The summed E-state index contributed by atoms with van der Waals surface area (Å²) in [6.07, 6.45) is 0. The average molecular weight is 486 g/mol. The Hall–Kier alpha value is -4.26. The fraction of sp³-hybridized carbons (Fsp3) is 0.241. The van der Waals surface area contributed by atoms with E-state index >= 15 is 0 Å². The lowest BCUT2D eigenvalue weighted by Crippen LogP contribution is -2.29. The first kappa shape index (κ1) is 23.5. The van der Waals surface area contributed by atoms with Crippen molar-refractivity contribution in [1.82, 2.24) is 0 Å². The first-order chi connectivity index (χ1) is 17.3. The van der Waals surface area contributed by atoms with Crippen molar-refractivity contribution in [2.45, 2.75) is 26.8 Å². The summed E-state index contributed by atoms with van der Waals surface area (Å²) in [6, 6.07) is 18.7. The largest absolute Gasteiger partial charge is 0.507 e. The van der Waals surface area contributed by atoms with E-state index in [0.717, 1.165) is 5.56 Å². The van der Waals surface area contributed by atoms with Crippen molar-refractivity contribution in [1.29, 1.82) is 0 Å². The number of carbonyl (C=O) groups is 2. The lowest BCUT2D eigenvalue weighted by Gasteiger charge is -2.26. The third kappa shape index (κ3) is 4.28. The molecule has 1 N–H and O–H groups in total. The van der Waals surface area contributed by atoms with Crippen LogP contribution in [0.3, 0.4) is 0 Å². The van der Waals surface area contributed by atoms with Crippen LogP contribution >= 0.6 is 0 Å². The van der Waals surface area contributed by atoms with Crippen LogP contribution in [0.25, 0.3) is 5.76 Å². The molecule has 0 bridgehead atoms. The van der Waals surface area contributed by atoms with Crippen LogP contribution in [0, 0.1) is 12.8 Å². The second kappa shape index (κ2) is 9.41. The average Bonchev–Trinajstić information content (AvgIpc) is 3.45. The minimum atomic E-state index is -0.847. The molecule has 2 aliphatic heterocycles. The van der Waals surface area contributed by atoms with Gasteiger partial charge in [-0.15, -0.1) is 0 Å². The van der Waals surface area contributed by atoms with Gasteiger partial charge in [0.1, 0.15) is 11.5 Å². The predicted octanol–water partition coefficient (Wildman–Crippen LogP) is 5.38. The molecule has 5 rings (SSSR count). The maximum atomic E-state index is 13.4. The van der Waals surface area contributed by atoms with E-state index in [4.69, 9.17) is 14.2 Å². The van der Waals surface area contributed by atoms with E-state index in [9.17, 15) is 14.7 Å². The molecule has 2 aliphatic rings. The highest BCUT2D eigenvalue weighted by Gasteiger charge is 2.47. The number of aryl methyl sites for hydroxylation is 1. The Morgan fingerprint density at radius 3 is 2.53 bits per heavy atom. The molecule has 7 heteroatoms. The van der Waals surface area contributed by atoms with Crippen molar-refractivity contribution in [3.05, 3.63) is 89.0 Å². The summed E-state index contributed by atoms with van der Waals surface area (Å²) in [4.78, 5) is 28.2. The fourth-order valence-corrected chi connectivity index (χ4v) is 4.36. The van der Waals surface area contributed by atoms with Crippen molar-refractivity contribution in [2.75, 3.05) is 18.3 Å². The van der Waals surface area contributed by atoms with Crippen molar-refractivity contribution >= 4 is 23.1 Å². The van der Waals surface area contributed by atoms with Crippen LogP contribution in [0.5, 0.6) is 17.2 Å². The molecule has 184 valence electrons. The normalized spacial score (nSPS) is 18.2. The van der Waals surface area contributed by atoms with Crippen LogP contribution in [0.15, 0.2) is 72.3 Å². The van der Waals surface area contributed by atoms with Gasteiger partial charge in [0.2, 0.25) is 6.79 Å². The summed E-state index contributed by atoms with van der Waals surface area (Å²) in [5, 5.41) is 11.4. The van der Waals surface area contributed by atoms with Crippen molar-refractivity contribution < 1.29 is 28.9 Å². The molecular weight excluding hydrogens is 458 g/mol. The summed E-state index contributed by atoms with van der Waals surface area (Å²) in [5.74, 6) is 0.228. The molecule has 0 spiro atoms. The summed E-state index contributed by atoms with van der Waals surface area (Å²) in [5.41, 5.74) is 2.60. The molecule has 0 radical (unpaired) electrons. The molecule has 2 heterocycles. The number of ether oxygens (including phenoxy) is 3. The number of fused-ring (bicyclic) bond motifs is 1. The van der Waals surface area contributed by atoms with Crippen LogP contribution < -0.4 is 19.1 Å². The number of carbonyl (C=O) groups excluding carboxylic acids is 2. The number of hydrogen-bond donors (Lipinski definition) is 1. The van der Waals surface area contributed by atoms with Crippen molar-refractivity contribution in [2.24, 2.45) is 5.92 Å². The molecule has 1 amide bonds. The number of Topliss-reactive ketones (excluding diaryl/α,β-unsaturated/α-hetero) is 1. The van der Waals surface area contributed by atoms with E-state index in [2.05, 4.69) is 13.8 Å². The van der Waals surface area contributed by atoms with Crippen molar-refractivity contribution in [3.63, 3.8) is 0 Å². The first-order valence-electron chi connectivity index (χ1n) is 11.8. The molecule has 3 aromatic carbocycles. The minimum Gasteiger partial charge on any atom is -0.507 e. The molecule has 7 nitrogen and oxygen atoms in total. The number of aliphatic hydroxyl groups excluding tert-OH is 1. The Morgan fingerprint density at radius 1 is 1.03 bits per heavy atom. The molecule has 0 aliphatic carbocycles. The number of aliphatic hydroxyl groups is 1. The molecular formula is C29H27NO6. The number of benzene rings is 3. The molecule has 1 saturated heterocycles. The fourth-order valence-electron chi connectivity index (χ4n) is 4.36. The van der Waals surface area contributed by atoms with Crippen LogP contribution in [-0.2, 0) is 9.59 Å². The number of hydrogen-bond acceptors (Lipinski definition) is 6. The number of ketones is 1. The van der Waals surface area contributed by atoms with Gasteiger partial charge in [0.15, 0.2) is 11.5 Å². The van der Waals surface area contributed by atoms with Crippen molar-refractivity contribution in [3.8, 4) is 17.2 Å². The Kier molecular flexibility index (Phi) is 6.14. The van der Waals surface area contributed by atoms with Gasteiger partial charge in [0.25, 0.3) is 11.7 Å². The molecule has 36 heavy (non-hydrogen) atoms. The highest BCUT2D eigenvalue weighted by Crippen LogP contribution is 2.44. The van der Waals surface area contributed by atoms with Gasteiger partial charge in [-0.05, 0) is 60.9 Å². The van der Waals surface area contributed by atoms with Gasteiger partial charge in [-0.3, -0.25) is 14.5 Å². The zero-order valence-corrected chi connectivity index (χ0v) is 20.4. The first-order valence-corrected chi connectivity index (χ1v) is 11.8. The Bertz CT molecular complexity index is 1360. The quantitative estimate of drug-likeness (QED) is 0.286. The predicted molar refractivity (Wildman–Crippen MR) is 135 cm³/mol. The van der Waals surface area contributed by atoms with Gasteiger partial charge in [0.05, 0.1) is 18.2 Å². The van der Waals surface area contributed by atoms with E-state index in [1.807, 2.05) is 43.3 Å². The summed E-state index contributed by atoms with van der Waals surface area (Å²) in [7, 11) is 0. The standard InChI is InChI=1S/C29H27NO6/c1-17(2)15-34-22-6-4-5-19(13-22)26-25(27(31)20-9-12-23-24(14-20)36-16-35-23)28(32)29(33)30(26)21-10-7-18(3)8-11-21/h4-14,17,26,31H,15-16H2,1-3H3/b27-25-. The monoisotopic (exact) mass is 485 g/mol. The number of amides is 1. The maximum Gasteiger partial charge on any atom is 0.300 e. The van der Waals surface area contributed by atoms with Gasteiger partial charge < -0.3 is 19.3 Å².